The molecule has 0 spiro atoms. The number of ether oxygens (including phenoxy) is 1. The summed E-state index contributed by atoms with van der Waals surface area (Å²) in [7, 11) is -3.44. The molecule has 0 fully saturated rings. The van der Waals surface area contributed by atoms with E-state index in [4.69, 9.17) is 15.0 Å². The Morgan fingerprint density at radius 3 is 2.86 bits per heavy atom. The largest absolute Gasteiger partial charge is 0.492 e. The Bertz CT molecular complexity index is 697. The van der Waals surface area contributed by atoms with Crippen LogP contribution in [0.1, 0.15) is 11.5 Å². The van der Waals surface area contributed by atoms with Gasteiger partial charge in [-0.1, -0.05) is 11.2 Å². The third kappa shape index (κ3) is 5.09. The number of hydrogen-bond donors (Lipinski definition) is 2. The first-order valence-electron chi connectivity index (χ1n) is 6.32. The third-order valence-corrected chi connectivity index (χ3v) is 3.92. The third-order valence-electron chi connectivity index (χ3n) is 2.63. The lowest BCUT2D eigenvalue weighted by Crippen LogP contribution is -2.28. The molecule has 2 rings (SSSR count). The van der Waals surface area contributed by atoms with Gasteiger partial charge >= 0.3 is 0 Å². The number of sulfonamides is 1. The Morgan fingerprint density at radius 1 is 1.38 bits per heavy atom. The fourth-order valence-electron chi connectivity index (χ4n) is 1.63. The van der Waals surface area contributed by atoms with Crippen LogP contribution in [0.15, 0.2) is 34.9 Å². The molecule has 1 aromatic heterocycles. The highest BCUT2D eigenvalue weighted by Gasteiger charge is 2.11. The number of aromatic nitrogens is 1. The van der Waals surface area contributed by atoms with Gasteiger partial charge in [-0.2, -0.15) is 0 Å². The highest BCUT2D eigenvalue weighted by atomic mass is 32.2. The predicted molar refractivity (Wildman–Crippen MR) is 78.2 cm³/mol. The zero-order valence-corrected chi connectivity index (χ0v) is 12.4. The summed E-state index contributed by atoms with van der Waals surface area (Å²) in [5, 5.41) is 3.71. The summed E-state index contributed by atoms with van der Waals surface area (Å²) in [6, 6.07) is 8.49. The van der Waals surface area contributed by atoms with E-state index < -0.39 is 10.0 Å². The number of nitrogen functional groups attached to an aromatic ring is 1. The quantitative estimate of drug-likeness (QED) is 0.740. The van der Waals surface area contributed by atoms with Crippen molar-refractivity contribution < 1.29 is 17.7 Å². The average Bonchev–Trinajstić information content (AvgIpc) is 2.82. The van der Waals surface area contributed by atoms with Crippen LogP contribution >= 0.6 is 0 Å². The molecule has 0 atom stereocenters. The molecule has 0 unspecified atom stereocenters. The molecule has 7 nitrogen and oxygen atoms in total. The normalized spacial score (nSPS) is 11.5. The second-order valence-corrected chi connectivity index (χ2v) is 6.42. The Kier molecular flexibility index (Phi) is 4.81. The predicted octanol–water partition coefficient (Wildman–Crippen LogP) is 1.06. The van der Waals surface area contributed by atoms with Crippen molar-refractivity contribution in [3.05, 3.63) is 41.8 Å². The molecule has 1 aromatic carbocycles. The van der Waals surface area contributed by atoms with Crippen molar-refractivity contribution in [2.75, 3.05) is 18.1 Å². The lowest BCUT2D eigenvalue weighted by Gasteiger charge is -2.08. The van der Waals surface area contributed by atoms with Crippen LogP contribution in [-0.2, 0) is 16.6 Å². The molecule has 8 heteroatoms. The van der Waals surface area contributed by atoms with Gasteiger partial charge < -0.3 is 15.0 Å². The minimum Gasteiger partial charge on any atom is -0.492 e. The van der Waals surface area contributed by atoms with E-state index >= 15 is 0 Å². The summed E-state index contributed by atoms with van der Waals surface area (Å²) in [6.45, 7) is 1.87. The molecule has 114 valence electrons. The second-order valence-electron chi connectivity index (χ2n) is 4.49. The van der Waals surface area contributed by atoms with E-state index in [1.165, 1.54) is 0 Å². The summed E-state index contributed by atoms with van der Waals surface area (Å²) in [6.07, 6.45) is 0. The number of hydrogen-bond acceptors (Lipinski definition) is 6. The zero-order chi connectivity index (χ0) is 15.3. The molecule has 2 aromatic rings. The highest BCUT2D eigenvalue weighted by molar-refractivity contribution is 7.89. The smallest absolute Gasteiger partial charge is 0.215 e. The molecule has 0 aliphatic carbocycles. The van der Waals surface area contributed by atoms with Crippen LogP contribution in [0.2, 0.25) is 0 Å². The maximum Gasteiger partial charge on any atom is 0.215 e. The Balaban J connectivity index is 1.78. The van der Waals surface area contributed by atoms with Crippen LogP contribution in [0.3, 0.4) is 0 Å². The lowest BCUT2D eigenvalue weighted by atomic mass is 10.3. The minimum absolute atomic E-state index is 0.0383. The van der Waals surface area contributed by atoms with Crippen molar-refractivity contribution >= 4 is 15.7 Å². The van der Waals surface area contributed by atoms with Crippen molar-refractivity contribution in [2.24, 2.45) is 0 Å². The summed E-state index contributed by atoms with van der Waals surface area (Å²) in [5.41, 5.74) is 6.70. The summed E-state index contributed by atoms with van der Waals surface area (Å²) >= 11 is 0. The first-order chi connectivity index (χ1) is 9.94. The molecule has 0 aliphatic heterocycles. The van der Waals surface area contributed by atoms with E-state index in [0.29, 0.717) is 22.9 Å². The SMILES string of the molecule is Cc1cc(CNS(=O)(=O)CCOc2cccc(N)c2)no1. The van der Waals surface area contributed by atoms with Crippen LogP contribution in [0.5, 0.6) is 5.75 Å². The summed E-state index contributed by atoms with van der Waals surface area (Å²) < 4.78 is 36.2. The molecular weight excluding hydrogens is 294 g/mol. The van der Waals surface area contributed by atoms with Crippen LogP contribution < -0.4 is 15.2 Å². The van der Waals surface area contributed by atoms with Gasteiger partial charge in [0.2, 0.25) is 10.0 Å². The van der Waals surface area contributed by atoms with Crippen LogP contribution in [0.4, 0.5) is 5.69 Å². The number of nitrogens with two attached hydrogens (primary N) is 1. The van der Waals surface area contributed by atoms with Crippen molar-refractivity contribution in [1.82, 2.24) is 9.88 Å². The van der Waals surface area contributed by atoms with Crippen LogP contribution in [0.25, 0.3) is 0 Å². The molecular formula is C13H17N3O4S. The van der Waals surface area contributed by atoms with E-state index in [-0.39, 0.29) is 18.9 Å². The molecule has 0 radical (unpaired) electrons. The van der Waals surface area contributed by atoms with Gasteiger partial charge in [-0.3, -0.25) is 0 Å². The van der Waals surface area contributed by atoms with E-state index in [1.807, 2.05) is 0 Å². The number of nitrogens with zero attached hydrogens (tertiary/aromatic N) is 1. The zero-order valence-electron chi connectivity index (χ0n) is 11.6. The van der Waals surface area contributed by atoms with Crippen molar-refractivity contribution in [2.45, 2.75) is 13.5 Å². The molecule has 0 aliphatic rings. The Labute approximate surface area is 123 Å². The fourth-order valence-corrected chi connectivity index (χ4v) is 2.45. The van der Waals surface area contributed by atoms with Gasteiger partial charge in [0, 0.05) is 17.8 Å². The second kappa shape index (κ2) is 6.59. The van der Waals surface area contributed by atoms with Crippen molar-refractivity contribution in [3.8, 4) is 5.75 Å². The van der Waals surface area contributed by atoms with Gasteiger partial charge in [-0.25, -0.2) is 13.1 Å². The first-order valence-corrected chi connectivity index (χ1v) is 7.98. The number of rotatable bonds is 7. The maximum atomic E-state index is 11.8. The van der Waals surface area contributed by atoms with E-state index in [9.17, 15) is 8.42 Å². The van der Waals surface area contributed by atoms with Gasteiger partial charge in [0.15, 0.2) is 0 Å². The van der Waals surface area contributed by atoms with Crippen molar-refractivity contribution in [1.29, 1.82) is 0 Å². The van der Waals surface area contributed by atoms with Gasteiger partial charge in [0.25, 0.3) is 0 Å². The molecule has 0 saturated heterocycles. The van der Waals surface area contributed by atoms with E-state index in [1.54, 1.807) is 37.3 Å². The molecule has 21 heavy (non-hydrogen) atoms. The Morgan fingerprint density at radius 2 is 2.19 bits per heavy atom. The van der Waals surface area contributed by atoms with Gasteiger partial charge in [-0.15, -0.1) is 0 Å². The molecule has 3 N–H and O–H groups in total. The number of nitrogens with one attached hydrogen (secondary N) is 1. The summed E-state index contributed by atoms with van der Waals surface area (Å²) in [4.78, 5) is 0. The molecule has 0 amide bonds. The van der Waals surface area contributed by atoms with Gasteiger partial charge in [0.1, 0.15) is 18.1 Å². The highest BCUT2D eigenvalue weighted by Crippen LogP contribution is 2.14. The topological polar surface area (TPSA) is 107 Å². The van der Waals surface area contributed by atoms with Gasteiger partial charge in [-0.05, 0) is 19.1 Å². The fraction of sp³-hybridized carbons (Fsp3) is 0.308. The summed E-state index contributed by atoms with van der Waals surface area (Å²) in [5.74, 6) is 1.02. The molecule has 1 heterocycles. The van der Waals surface area contributed by atoms with Crippen molar-refractivity contribution in [3.63, 3.8) is 0 Å². The lowest BCUT2D eigenvalue weighted by molar-refractivity contribution is 0.340. The van der Waals surface area contributed by atoms with E-state index in [2.05, 4.69) is 9.88 Å². The number of anilines is 1. The maximum absolute atomic E-state index is 11.8. The number of aryl methyl sites for hydroxylation is 1. The average molecular weight is 311 g/mol. The number of benzene rings is 1. The minimum atomic E-state index is -3.44. The monoisotopic (exact) mass is 311 g/mol. The van der Waals surface area contributed by atoms with Gasteiger partial charge in [0.05, 0.1) is 18.0 Å². The standard InChI is InChI=1S/C13H17N3O4S/c1-10-7-12(16-20-10)9-15-21(17,18)6-5-19-13-4-2-3-11(14)8-13/h2-4,7-8,15H,5-6,9,14H2,1H3. The Hall–Kier alpha value is -2.06. The first kappa shape index (κ1) is 15.3. The van der Waals surface area contributed by atoms with Crippen LogP contribution in [0, 0.1) is 6.92 Å². The van der Waals surface area contributed by atoms with Crippen LogP contribution in [-0.4, -0.2) is 25.9 Å². The molecule has 0 bridgehead atoms. The van der Waals surface area contributed by atoms with E-state index in [0.717, 1.165) is 0 Å². The molecule has 0 saturated carbocycles.